The highest BCUT2D eigenvalue weighted by atomic mass is 32.1. The molecule has 0 fully saturated rings. The van der Waals surface area contributed by atoms with Gasteiger partial charge in [0, 0.05) is 10.9 Å². The lowest BCUT2D eigenvalue weighted by molar-refractivity contribution is 0.434. The fraction of sp³-hybridized carbons (Fsp3) is 0.294. The summed E-state index contributed by atoms with van der Waals surface area (Å²) in [6.07, 6.45) is 0. The van der Waals surface area contributed by atoms with Crippen LogP contribution in [0.5, 0.6) is 0 Å². The van der Waals surface area contributed by atoms with Crippen molar-refractivity contribution in [1.29, 1.82) is 0 Å². The monoisotopic (exact) mass is 332 g/mol. The van der Waals surface area contributed by atoms with Crippen LogP contribution in [0.3, 0.4) is 0 Å². The molecule has 1 N–H and O–H groups in total. The quantitative estimate of drug-likeness (QED) is 0.795. The Hall–Kier alpha value is -2.21. The number of fused-ring (bicyclic) bond motifs is 1. The fourth-order valence-electron chi connectivity index (χ4n) is 2.60. The third kappa shape index (κ3) is 2.74. The number of nitrogens with zero attached hydrogens (tertiary/aromatic N) is 1. The molecule has 3 rings (SSSR count). The second kappa shape index (κ2) is 6.12. The molecule has 3 aromatic rings. The maximum atomic E-state index is 12.6. The first kappa shape index (κ1) is 15.7. The summed E-state index contributed by atoms with van der Waals surface area (Å²) in [7, 11) is 0. The predicted molar refractivity (Wildman–Crippen MR) is 92.2 cm³/mol. The molecule has 23 heavy (non-hydrogen) atoms. The molecule has 0 aliphatic rings. The Morgan fingerprint density at radius 1 is 1.22 bits per heavy atom. The average Bonchev–Trinajstić information content (AvgIpc) is 2.95. The number of hydrogen-bond donors (Lipinski definition) is 1. The van der Waals surface area contributed by atoms with Gasteiger partial charge in [-0.25, -0.2) is 9.18 Å². The van der Waals surface area contributed by atoms with Crippen LogP contribution in [0, 0.1) is 0 Å². The van der Waals surface area contributed by atoms with E-state index < -0.39 is 17.9 Å². The molecule has 120 valence electrons. The van der Waals surface area contributed by atoms with Crippen LogP contribution in [0.15, 0.2) is 39.2 Å². The topological polar surface area (TPSA) is 54.9 Å². The zero-order valence-corrected chi connectivity index (χ0v) is 13.7. The molecule has 0 atom stereocenters. The lowest BCUT2D eigenvalue weighted by Crippen LogP contribution is -2.35. The van der Waals surface area contributed by atoms with E-state index in [-0.39, 0.29) is 6.54 Å². The number of H-pyrrole nitrogens is 1. The van der Waals surface area contributed by atoms with E-state index in [2.05, 4.69) is 18.8 Å². The van der Waals surface area contributed by atoms with Crippen molar-refractivity contribution in [2.75, 3.05) is 6.67 Å². The molecule has 2 aromatic heterocycles. The molecule has 0 aliphatic carbocycles. The summed E-state index contributed by atoms with van der Waals surface area (Å²) >= 11 is 1.31. The highest BCUT2D eigenvalue weighted by Gasteiger charge is 2.15. The Labute approximate surface area is 136 Å². The van der Waals surface area contributed by atoms with Crippen molar-refractivity contribution in [2.24, 2.45) is 0 Å². The van der Waals surface area contributed by atoms with Gasteiger partial charge in [0.1, 0.15) is 11.5 Å². The largest absolute Gasteiger partial charge is 0.329 e. The Morgan fingerprint density at radius 3 is 2.52 bits per heavy atom. The minimum absolute atomic E-state index is 0.230. The molecule has 0 amide bonds. The summed E-state index contributed by atoms with van der Waals surface area (Å²) < 4.78 is 13.5. The van der Waals surface area contributed by atoms with Crippen molar-refractivity contribution in [1.82, 2.24) is 9.55 Å². The van der Waals surface area contributed by atoms with Gasteiger partial charge in [-0.15, -0.1) is 11.3 Å². The number of aromatic nitrogens is 2. The smallest absolute Gasteiger partial charge is 0.298 e. The first-order valence-electron chi connectivity index (χ1n) is 7.43. The molecular weight excluding hydrogens is 315 g/mol. The van der Waals surface area contributed by atoms with Crippen molar-refractivity contribution in [3.8, 4) is 11.1 Å². The number of rotatable bonds is 4. The summed E-state index contributed by atoms with van der Waals surface area (Å²) in [6.45, 7) is 3.26. The van der Waals surface area contributed by atoms with E-state index in [1.165, 1.54) is 16.9 Å². The number of hydrogen-bond acceptors (Lipinski definition) is 3. The number of nitrogens with one attached hydrogen (secondary N) is 1. The fourth-order valence-corrected chi connectivity index (χ4v) is 3.55. The van der Waals surface area contributed by atoms with E-state index >= 15 is 0 Å². The Kier molecular flexibility index (Phi) is 4.17. The van der Waals surface area contributed by atoms with Crippen molar-refractivity contribution >= 4 is 21.6 Å². The molecule has 0 saturated heterocycles. The lowest BCUT2D eigenvalue weighted by Gasteiger charge is -2.07. The predicted octanol–water partition coefficient (Wildman–Crippen LogP) is 3.51. The summed E-state index contributed by atoms with van der Waals surface area (Å²) in [6, 6.07) is 8.02. The van der Waals surface area contributed by atoms with E-state index in [1.807, 2.05) is 29.6 Å². The molecular formula is C17H17FN2O2S. The van der Waals surface area contributed by atoms with Gasteiger partial charge in [-0.2, -0.15) is 0 Å². The van der Waals surface area contributed by atoms with Gasteiger partial charge in [0.25, 0.3) is 5.56 Å². The normalized spacial score (nSPS) is 11.5. The van der Waals surface area contributed by atoms with Gasteiger partial charge in [-0.1, -0.05) is 38.1 Å². The average molecular weight is 332 g/mol. The molecule has 0 aliphatic heterocycles. The number of alkyl halides is 1. The number of aromatic amines is 1. The van der Waals surface area contributed by atoms with Crippen molar-refractivity contribution < 1.29 is 4.39 Å². The van der Waals surface area contributed by atoms with E-state index in [4.69, 9.17) is 0 Å². The minimum Gasteiger partial charge on any atom is -0.298 e. The van der Waals surface area contributed by atoms with Gasteiger partial charge in [-0.3, -0.25) is 14.3 Å². The van der Waals surface area contributed by atoms with Crippen LogP contribution in [-0.4, -0.2) is 16.2 Å². The van der Waals surface area contributed by atoms with Crippen LogP contribution in [-0.2, 0) is 6.54 Å². The molecule has 0 saturated carbocycles. The van der Waals surface area contributed by atoms with Crippen LogP contribution in [0.25, 0.3) is 21.3 Å². The van der Waals surface area contributed by atoms with E-state index in [9.17, 15) is 14.0 Å². The number of benzene rings is 1. The second-order valence-electron chi connectivity index (χ2n) is 5.71. The summed E-state index contributed by atoms with van der Waals surface area (Å²) in [4.78, 5) is 27.6. The molecule has 0 bridgehead atoms. The zero-order chi connectivity index (χ0) is 16.6. The van der Waals surface area contributed by atoms with Crippen molar-refractivity contribution in [3.63, 3.8) is 0 Å². The third-order valence-corrected chi connectivity index (χ3v) is 4.81. The molecule has 0 spiro atoms. The summed E-state index contributed by atoms with van der Waals surface area (Å²) in [5, 5.41) is 2.30. The van der Waals surface area contributed by atoms with Gasteiger partial charge in [0.15, 0.2) is 0 Å². The van der Waals surface area contributed by atoms with Gasteiger partial charge < -0.3 is 0 Å². The van der Waals surface area contributed by atoms with Gasteiger partial charge in [-0.05, 0) is 17.0 Å². The Balaban J connectivity index is 2.20. The lowest BCUT2D eigenvalue weighted by atomic mass is 9.99. The van der Waals surface area contributed by atoms with Crippen molar-refractivity contribution in [2.45, 2.75) is 26.3 Å². The summed E-state index contributed by atoms with van der Waals surface area (Å²) in [5.74, 6) is 0.432. The van der Waals surface area contributed by atoms with E-state index in [0.717, 1.165) is 15.7 Å². The van der Waals surface area contributed by atoms with Crippen LogP contribution in [0.2, 0.25) is 0 Å². The van der Waals surface area contributed by atoms with Gasteiger partial charge in [0.2, 0.25) is 0 Å². The van der Waals surface area contributed by atoms with Gasteiger partial charge in [0.05, 0.1) is 11.9 Å². The van der Waals surface area contributed by atoms with Crippen LogP contribution < -0.4 is 11.2 Å². The molecule has 0 radical (unpaired) electrons. The van der Waals surface area contributed by atoms with E-state index in [1.54, 1.807) is 0 Å². The maximum absolute atomic E-state index is 12.6. The third-order valence-electron chi connectivity index (χ3n) is 3.91. The SMILES string of the molecule is CC(C)c1ccc(-c2csc3[nH]c(=O)n(CCF)c(=O)c23)cc1. The molecule has 2 heterocycles. The first-order chi connectivity index (χ1) is 11.0. The molecule has 1 aromatic carbocycles. The number of thiophene rings is 1. The van der Waals surface area contributed by atoms with Crippen molar-refractivity contribution in [3.05, 3.63) is 56.0 Å². The Bertz CT molecular complexity index is 951. The minimum atomic E-state index is -0.753. The molecule has 0 unspecified atom stereocenters. The maximum Gasteiger partial charge on any atom is 0.329 e. The van der Waals surface area contributed by atoms with Gasteiger partial charge >= 0.3 is 5.69 Å². The van der Waals surface area contributed by atoms with Crippen LogP contribution in [0.1, 0.15) is 25.3 Å². The van der Waals surface area contributed by atoms with Crippen LogP contribution >= 0.6 is 11.3 Å². The molecule has 6 heteroatoms. The summed E-state index contributed by atoms with van der Waals surface area (Å²) in [5.41, 5.74) is 1.90. The standard InChI is InChI=1S/C17H17FN2O2S/c1-10(2)11-3-5-12(6-4-11)13-9-23-15-14(13)16(21)20(8-7-18)17(22)19-15/h3-6,9-10H,7-8H2,1-2H3,(H,19,22). The van der Waals surface area contributed by atoms with E-state index in [0.29, 0.717) is 16.1 Å². The highest BCUT2D eigenvalue weighted by Crippen LogP contribution is 2.31. The first-order valence-corrected chi connectivity index (χ1v) is 8.31. The number of halogens is 1. The molecule has 4 nitrogen and oxygen atoms in total. The van der Waals surface area contributed by atoms with Crippen LogP contribution in [0.4, 0.5) is 4.39 Å². The highest BCUT2D eigenvalue weighted by molar-refractivity contribution is 7.17. The Morgan fingerprint density at radius 2 is 1.91 bits per heavy atom. The zero-order valence-electron chi connectivity index (χ0n) is 12.9. The second-order valence-corrected chi connectivity index (χ2v) is 6.59.